The van der Waals surface area contributed by atoms with Gasteiger partial charge in [0.1, 0.15) is 23.4 Å². The van der Waals surface area contributed by atoms with E-state index in [-0.39, 0.29) is 13.8 Å². The van der Waals surface area contributed by atoms with E-state index in [1.807, 2.05) is 0 Å². The largest absolute Gasteiger partial charge is 0.251 e. The number of halogens is 3. The van der Waals surface area contributed by atoms with Crippen molar-refractivity contribution in [2.75, 3.05) is 0 Å². The van der Waals surface area contributed by atoms with E-state index in [1.165, 1.54) is 17.3 Å². The molecule has 1 atom stereocenters. The second-order valence-electron chi connectivity index (χ2n) is 4.34. The summed E-state index contributed by atoms with van der Waals surface area (Å²) in [6, 6.07) is 1.78. The lowest BCUT2D eigenvalue weighted by atomic mass is 10.3. The van der Waals surface area contributed by atoms with Crippen LogP contribution in [0.4, 0.5) is 4.39 Å². The van der Waals surface area contributed by atoms with Crippen LogP contribution in [0.2, 0.25) is 0 Å². The topological polar surface area (TPSA) is 76.9 Å². The van der Waals surface area contributed by atoms with Crippen LogP contribution in [0.1, 0.15) is 6.92 Å². The predicted octanol–water partition coefficient (Wildman–Crippen LogP) is 2.31. The highest BCUT2D eigenvalue weighted by Crippen LogP contribution is 2.31. The van der Waals surface area contributed by atoms with Crippen molar-refractivity contribution in [3.05, 3.63) is 39.6 Å². The van der Waals surface area contributed by atoms with Crippen LogP contribution in [0.15, 0.2) is 38.6 Å². The van der Waals surface area contributed by atoms with Gasteiger partial charge >= 0.3 is 0 Å². The van der Waals surface area contributed by atoms with E-state index in [0.717, 1.165) is 12.1 Å². The standard InChI is InChI=1S/C11H11Br2FN4O2S/c1-7(4-18-6-15-5-16-18)17-21(19,20)11-9(12)2-8(14)3-10(11)13/h2-3,5-7,17H,4H2,1H3. The van der Waals surface area contributed by atoms with Gasteiger partial charge in [-0.3, -0.25) is 4.68 Å². The average molecular weight is 442 g/mol. The van der Waals surface area contributed by atoms with Crippen molar-refractivity contribution >= 4 is 41.9 Å². The third-order valence-electron chi connectivity index (χ3n) is 2.52. The van der Waals surface area contributed by atoms with Crippen LogP contribution in [0.25, 0.3) is 0 Å². The molecule has 0 radical (unpaired) electrons. The number of hydrogen-bond donors (Lipinski definition) is 1. The van der Waals surface area contributed by atoms with Crippen LogP contribution in [-0.4, -0.2) is 29.2 Å². The van der Waals surface area contributed by atoms with Gasteiger partial charge in [-0.2, -0.15) is 5.10 Å². The maximum atomic E-state index is 13.2. The van der Waals surface area contributed by atoms with Gasteiger partial charge in [0.05, 0.1) is 6.54 Å². The predicted molar refractivity (Wildman–Crippen MR) is 81.6 cm³/mol. The Labute approximate surface area is 138 Å². The summed E-state index contributed by atoms with van der Waals surface area (Å²) in [5, 5.41) is 3.91. The van der Waals surface area contributed by atoms with E-state index in [9.17, 15) is 12.8 Å². The molecule has 0 saturated carbocycles. The van der Waals surface area contributed by atoms with E-state index in [1.54, 1.807) is 6.92 Å². The molecule has 10 heteroatoms. The molecule has 6 nitrogen and oxygen atoms in total. The number of rotatable bonds is 5. The quantitative estimate of drug-likeness (QED) is 0.772. The Kier molecular flexibility index (Phi) is 5.12. The second kappa shape index (κ2) is 6.51. The molecule has 21 heavy (non-hydrogen) atoms. The zero-order valence-corrected chi connectivity index (χ0v) is 14.8. The lowest BCUT2D eigenvalue weighted by Gasteiger charge is -2.16. The molecule has 0 aliphatic carbocycles. The van der Waals surface area contributed by atoms with Gasteiger partial charge in [0, 0.05) is 15.0 Å². The van der Waals surface area contributed by atoms with Crippen molar-refractivity contribution in [1.82, 2.24) is 19.5 Å². The first kappa shape index (κ1) is 16.5. The number of sulfonamides is 1. The third kappa shape index (κ3) is 4.09. The second-order valence-corrected chi connectivity index (χ2v) is 7.70. The molecule has 0 saturated heterocycles. The molecule has 2 rings (SSSR count). The maximum Gasteiger partial charge on any atom is 0.243 e. The summed E-state index contributed by atoms with van der Waals surface area (Å²) in [5.74, 6) is -0.539. The number of hydrogen-bond acceptors (Lipinski definition) is 4. The molecule has 0 aliphatic heterocycles. The first-order chi connectivity index (χ1) is 9.79. The van der Waals surface area contributed by atoms with Crippen molar-refractivity contribution in [2.45, 2.75) is 24.4 Å². The molecular weight excluding hydrogens is 431 g/mol. The molecule has 0 bridgehead atoms. The van der Waals surface area contributed by atoms with Crippen LogP contribution in [0, 0.1) is 5.82 Å². The summed E-state index contributed by atoms with van der Waals surface area (Å²) in [7, 11) is -3.81. The highest BCUT2D eigenvalue weighted by atomic mass is 79.9. The van der Waals surface area contributed by atoms with Crippen molar-refractivity contribution in [3.63, 3.8) is 0 Å². The van der Waals surface area contributed by atoms with E-state index in [4.69, 9.17) is 0 Å². The van der Waals surface area contributed by atoms with Gasteiger partial charge in [0.15, 0.2) is 0 Å². The lowest BCUT2D eigenvalue weighted by molar-refractivity contribution is 0.492. The van der Waals surface area contributed by atoms with Crippen LogP contribution >= 0.6 is 31.9 Å². The molecule has 2 aromatic rings. The highest BCUT2D eigenvalue weighted by Gasteiger charge is 2.24. The summed E-state index contributed by atoms with van der Waals surface area (Å²) < 4.78 is 42.3. The Balaban J connectivity index is 2.22. The molecule has 1 N–H and O–H groups in total. The molecular formula is C11H11Br2FN4O2S. The van der Waals surface area contributed by atoms with Crippen LogP contribution in [-0.2, 0) is 16.6 Å². The molecule has 0 spiro atoms. The van der Waals surface area contributed by atoms with Gasteiger partial charge in [-0.15, -0.1) is 0 Å². The molecule has 114 valence electrons. The van der Waals surface area contributed by atoms with Crippen molar-refractivity contribution in [3.8, 4) is 0 Å². The Morgan fingerprint density at radius 1 is 1.38 bits per heavy atom. The van der Waals surface area contributed by atoms with Gasteiger partial charge in [0.2, 0.25) is 10.0 Å². The minimum atomic E-state index is -3.81. The first-order valence-corrected chi connectivity index (χ1v) is 8.86. The van der Waals surface area contributed by atoms with Gasteiger partial charge < -0.3 is 0 Å². The smallest absolute Gasteiger partial charge is 0.243 e. The molecule has 1 heterocycles. The highest BCUT2D eigenvalue weighted by molar-refractivity contribution is 9.11. The monoisotopic (exact) mass is 440 g/mol. The molecule has 0 amide bonds. The van der Waals surface area contributed by atoms with Crippen molar-refractivity contribution in [1.29, 1.82) is 0 Å². The Hall–Kier alpha value is -0.840. The van der Waals surface area contributed by atoms with Gasteiger partial charge in [-0.05, 0) is 50.9 Å². The third-order valence-corrected chi connectivity index (χ3v) is 5.98. The number of nitrogens with one attached hydrogen (secondary N) is 1. The van der Waals surface area contributed by atoms with Gasteiger partial charge in [0.25, 0.3) is 0 Å². The summed E-state index contributed by atoms with van der Waals surface area (Å²) >= 11 is 6.14. The summed E-state index contributed by atoms with van der Waals surface area (Å²) in [6.45, 7) is 2.03. The van der Waals surface area contributed by atoms with Crippen LogP contribution in [0.5, 0.6) is 0 Å². The minimum Gasteiger partial charge on any atom is -0.251 e. The van der Waals surface area contributed by atoms with E-state index < -0.39 is 21.9 Å². The summed E-state index contributed by atoms with van der Waals surface area (Å²) in [4.78, 5) is 3.74. The minimum absolute atomic E-state index is 0.0469. The molecule has 0 aliphatic rings. The Morgan fingerprint density at radius 2 is 2.00 bits per heavy atom. The Morgan fingerprint density at radius 3 is 2.52 bits per heavy atom. The molecule has 1 aromatic carbocycles. The van der Waals surface area contributed by atoms with Crippen molar-refractivity contribution < 1.29 is 12.8 Å². The zero-order valence-electron chi connectivity index (χ0n) is 10.8. The maximum absolute atomic E-state index is 13.2. The fourth-order valence-electron chi connectivity index (χ4n) is 1.75. The van der Waals surface area contributed by atoms with E-state index >= 15 is 0 Å². The molecule has 1 unspecified atom stereocenters. The SMILES string of the molecule is CC(Cn1cncn1)NS(=O)(=O)c1c(Br)cc(F)cc1Br. The molecule has 1 aromatic heterocycles. The fourth-order valence-corrected chi connectivity index (χ4v) is 5.52. The number of aromatic nitrogens is 3. The summed E-state index contributed by atoms with van der Waals surface area (Å²) in [6.07, 6.45) is 2.86. The van der Waals surface area contributed by atoms with Gasteiger partial charge in [-0.1, -0.05) is 0 Å². The zero-order chi connectivity index (χ0) is 15.6. The fraction of sp³-hybridized carbons (Fsp3) is 0.273. The number of benzene rings is 1. The van der Waals surface area contributed by atoms with Crippen LogP contribution < -0.4 is 4.72 Å². The molecule has 0 fully saturated rings. The Bertz CT molecular complexity index is 714. The average Bonchev–Trinajstić information content (AvgIpc) is 2.78. The van der Waals surface area contributed by atoms with E-state index in [2.05, 4.69) is 46.7 Å². The van der Waals surface area contributed by atoms with Crippen molar-refractivity contribution in [2.24, 2.45) is 0 Å². The van der Waals surface area contributed by atoms with Crippen LogP contribution in [0.3, 0.4) is 0 Å². The first-order valence-electron chi connectivity index (χ1n) is 5.79. The lowest BCUT2D eigenvalue weighted by Crippen LogP contribution is -2.36. The van der Waals surface area contributed by atoms with E-state index in [0.29, 0.717) is 6.54 Å². The van der Waals surface area contributed by atoms with Gasteiger partial charge in [-0.25, -0.2) is 22.5 Å². The number of nitrogens with zero attached hydrogens (tertiary/aromatic N) is 3. The normalized spacial score (nSPS) is 13.3. The summed E-state index contributed by atoms with van der Waals surface area (Å²) in [5.41, 5.74) is 0.